The van der Waals surface area contributed by atoms with E-state index >= 15 is 0 Å². The van der Waals surface area contributed by atoms with Crippen molar-refractivity contribution in [1.29, 1.82) is 0 Å². The third-order valence-corrected chi connectivity index (χ3v) is 3.69. The first-order chi connectivity index (χ1) is 11.2. The number of halogens is 1. The molecule has 24 heavy (non-hydrogen) atoms. The van der Waals surface area contributed by atoms with Gasteiger partial charge in [-0.25, -0.2) is 14.8 Å². The molecule has 1 fully saturated rings. The van der Waals surface area contributed by atoms with E-state index in [2.05, 4.69) is 9.98 Å². The van der Waals surface area contributed by atoms with Crippen LogP contribution in [0.1, 0.15) is 26.3 Å². The van der Waals surface area contributed by atoms with E-state index in [0.29, 0.717) is 43.8 Å². The van der Waals surface area contributed by atoms with Crippen LogP contribution in [0.25, 0.3) is 0 Å². The van der Waals surface area contributed by atoms with Crippen molar-refractivity contribution in [2.45, 2.75) is 32.9 Å². The average molecular weight is 354 g/mol. The van der Waals surface area contributed by atoms with Crippen LogP contribution in [0.5, 0.6) is 0 Å². The van der Waals surface area contributed by atoms with E-state index in [0.717, 1.165) is 5.56 Å². The van der Waals surface area contributed by atoms with Crippen LogP contribution in [-0.2, 0) is 11.3 Å². The van der Waals surface area contributed by atoms with Crippen molar-refractivity contribution in [3.05, 3.63) is 29.0 Å². The monoisotopic (exact) mass is 353 g/mol. The summed E-state index contributed by atoms with van der Waals surface area (Å²) in [6, 6.07) is 3.59. The maximum atomic E-state index is 12.0. The molecule has 1 aromatic rings. The van der Waals surface area contributed by atoms with Crippen molar-refractivity contribution in [3.63, 3.8) is 0 Å². The molecule has 7 nitrogen and oxygen atoms in total. The lowest BCUT2D eigenvalue weighted by Crippen LogP contribution is -2.53. The Morgan fingerprint density at radius 1 is 1.29 bits per heavy atom. The van der Waals surface area contributed by atoms with Crippen molar-refractivity contribution in [3.8, 4) is 0 Å². The number of ether oxygens (including phenoxy) is 1. The summed E-state index contributed by atoms with van der Waals surface area (Å²) in [6.07, 6.45) is 1.39. The SMILES string of the molecule is CC(C)(C)OC(=O)N1CCN(C(N)=NCc2ccc(Cl)nc2)CC1. The zero-order valence-electron chi connectivity index (χ0n) is 14.3. The van der Waals surface area contributed by atoms with E-state index < -0.39 is 5.60 Å². The number of amides is 1. The summed E-state index contributed by atoms with van der Waals surface area (Å²) in [6.45, 7) is 8.41. The smallest absolute Gasteiger partial charge is 0.410 e. The van der Waals surface area contributed by atoms with Crippen LogP contribution in [0.3, 0.4) is 0 Å². The summed E-state index contributed by atoms with van der Waals surface area (Å²) >= 11 is 5.75. The molecule has 0 unspecified atom stereocenters. The Bertz CT molecular complexity index is 589. The Labute approximate surface area is 147 Å². The van der Waals surface area contributed by atoms with E-state index in [1.165, 1.54) is 0 Å². The van der Waals surface area contributed by atoms with Crippen LogP contribution in [0, 0.1) is 0 Å². The Kier molecular flexibility index (Phi) is 5.88. The molecule has 8 heteroatoms. The molecule has 2 heterocycles. The molecular weight excluding hydrogens is 330 g/mol. The normalized spacial score (nSPS) is 16.2. The molecule has 1 aromatic heterocycles. The van der Waals surface area contributed by atoms with E-state index in [1.807, 2.05) is 31.7 Å². The number of aromatic nitrogens is 1. The lowest BCUT2D eigenvalue weighted by atomic mass is 10.2. The van der Waals surface area contributed by atoms with Gasteiger partial charge in [0, 0.05) is 32.4 Å². The molecular formula is C16H24ClN5O2. The molecule has 2 N–H and O–H groups in total. The van der Waals surface area contributed by atoms with Crippen molar-refractivity contribution in [2.75, 3.05) is 26.2 Å². The Hall–Kier alpha value is -2.02. The summed E-state index contributed by atoms with van der Waals surface area (Å²) in [5.41, 5.74) is 6.50. The average Bonchev–Trinajstić information content (AvgIpc) is 2.52. The highest BCUT2D eigenvalue weighted by atomic mass is 35.5. The molecule has 0 atom stereocenters. The minimum atomic E-state index is -0.485. The molecule has 1 amide bonds. The van der Waals surface area contributed by atoms with Crippen LogP contribution < -0.4 is 5.73 Å². The predicted molar refractivity (Wildman–Crippen MR) is 94.0 cm³/mol. The summed E-state index contributed by atoms with van der Waals surface area (Å²) in [7, 11) is 0. The van der Waals surface area contributed by atoms with Gasteiger partial charge in [-0.05, 0) is 32.4 Å². The summed E-state index contributed by atoms with van der Waals surface area (Å²) in [5.74, 6) is 0.466. The van der Waals surface area contributed by atoms with Crippen LogP contribution in [0.4, 0.5) is 4.79 Å². The number of carbonyl (C=O) groups is 1. The minimum absolute atomic E-state index is 0.287. The quantitative estimate of drug-likeness (QED) is 0.500. The van der Waals surface area contributed by atoms with E-state index in [9.17, 15) is 4.79 Å². The van der Waals surface area contributed by atoms with Gasteiger partial charge in [0.25, 0.3) is 0 Å². The van der Waals surface area contributed by atoms with Gasteiger partial charge in [0.2, 0.25) is 0 Å². The van der Waals surface area contributed by atoms with E-state index in [1.54, 1.807) is 17.2 Å². The molecule has 0 radical (unpaired) electrons. The Morgan fingerprint density at radius 2 is 1.92 bits per heavy atom. The van der Waals surface area contributed by atoms with Gasteiger partial charge >= 0.3 is 6.09 Å². The van der Waals surface area contributed by atoms with Crippen LogP contribution in [-0.4, -0.2) is 58.6 Å². The first-order valence-electron chi connectivity index (χ1n) is 7.88. The van der Waals surface area contributed by atoms with Crippen molar-refractivity contribution < 1.29 is 9.53 Å². The maximum absolute atomic E-state index is 12.0. The van der Waals surface area contributed by atoms with Crippen LogP contribution in [0.2, 0.25) is 5.15 Å². The Morgan fingerprint density at radius 3 is 2.46 bits per heavy atom. The number of nitrogens with zero attached hydrogens (tertiary/aromatic N) is 4. The second-order valence-electron chi connectivity index (χ2n) is 6.62. The summed E-state index contributed by atoms with van der Waals surface area (Å²) in [5, 5.41) is 0.453. The first-order valence-corrected chi connectivity index (χ1v) is 8.25. The van der Waals surface area contributed by atoms with Gasteiger partial charge in [-0.3, -0.25) is 0 Å². The van der Waals surface area contributed by atoms with Gasteiger partial charge in [-0.1, -0.05) is 17.7 Å². The second-order valence-corrected chi connectivity index (χ2v) is 7.01. The van der Waals surface area contributed by atoms with Crippen molar-refractivity contribution in [2.24, 2.45) is 10.7 Å². The van der Waals surface area contributed by atoms with Crippen molar-refractivity contribution >= 4 is 23.7 Å². The molecule has 0 aliphatic carbocycles. The molecule has 1 aliphatic heterocycles. The summed E-state index contributed by atoms with van der Waals surface area (Å²) < 4.78 is 5.38. The van der Waals surface area contributed by atoms with Crippen molar-refractivity contribution in [1.82, 2.24) is 14.8 Å². The second kappa shape index (κ2) is 7.70. The zero-order chi connectivity index (χ0) is 17.7. The number of piperazine rings is 1. The molecule has 2 rings (SSSR count). The number of aliphatic imine (C=N–C) groups is 1. The highest BCUT2D eigenvalue weighted by molar-refractivity contribution is 6.29. The zero-order valence-corrected chi connectivity index (χ0v) is 15.1. The lowest BCUT2D eigenvalue weighted by molar-refractivity contribution is 0.0186. The fraction of sp³-hybridized carbons (Fsp3) is 0.562. The lowest BCUT2D eigenvalue weighted by Gasteiger charge is -2.36. The number of guanidine groups is 1. The number of rotatable bonds is 2. The van der Waals surface area contributed by atoms with Gasteiger partial charge in [-0.15, -0.1) is 0 Å². The first kappa shape index (κ1) is 18.3. The molecule has 0 aromatic carbocycles. The Balaban J connectivity index is 1.83. The standard InChI is InChI=1S/C16H24ClN5O2/c1-16(2,3)24-15(23)22-8-6-21(7-9-22)14(18)20-11-12-4-5-13(17)19-10-12/h4-5,10H,6-9,11H2,1-3H3,(H2,18,20). The van der Waals surface area contributed by atoms with Gasteiger partial charge in [0.15, 0.2) is 5.96 Å². The van der Waals surface area contributed by atoms with Crippen LogP contribution >= 0.6 is 11.6 Å². The number of nitrogens with two attached hydrogens (primary N) is 1. The minimum Gasteiger partial charge on any atom is -0.444 e. The third kappa shape index (κ3) is 5.56. The highest BCUT2D eigenvalue weighted by Crippen LogP contribution is 2.12. The molecule has 0 saturated carbocycles. The largest absolute Gasteiger partial charge is 0.444 e. The number of pyridine rings is 1. The van der Waals surface area contributed by atoms with Gasteiger partial charge in [0.1, 0.15) is 10.8 Å². The molecule has 132 valence electrons. The molecule has 1 saturated heterocycles. The fourth-order valence-corrected chi connectivity index (χ4v) is 2.33. The summed E-state index contributed by atoms with van der Waals surface area (Å²) in [4.78, 5) is 24.1. The number of carbonyl (C=O) groups excluding carboxylic acids is 1. The van der Waals surface area contributed by atoms with E-state index in [-0.39, 0.29) is 6.09 Å². The predicted octanol–water partition coefficient (Wildman–Crippen LogP) is 2.10. The topological polar surface area (TPSA) is 84.0 Å². The van der Waals surface area contributed by atoms with E-state index in [4.69, 9.17) is 22.1 Å². The van der Waals surface area contributed by atoms with Crippen LogP contribution in [0.15, 0.2) is 23.3 Å². The van der Waals surface area contributed by atoms with Gasteiger partial charge < -0.3 is 20.3 Å². The molecule has 1 aliphatic rings. The number of hydrogen-bond acceptors (Lipinski definition) is 4. The maximum Gasteiger partial charge on any atom is 0.410 e. The number of hydrogen-bond donors (Lipinski definition) is 1. The fourth-order valence-electron chi connectivity index (χ4n) is 2.22. The highest BCUT2D eigenvalue weighted by Gasteiger charge is 2.26. The molecule has 0 bridgehead atoms. The van der Waals surface area contributed by atoms with Gasteiger partial charge in [-0.2, -0.15) is 0 Å². The van der Waals surface area contributed by atoms with Gasteiger partial charge in [0.05, 0.1) is 6.54 Å². The molecule has 0 spiro atoms. The third-order valence-electron chi connectivity index (χ3n) is 3.47.